The Morgan fingerprint density at radius 3 is 2.37 bits per heavy atom. The average Bonchev–Trinajstić information content (AvgIpc) is 2.46. The van der Waals surface area contributed by atoms with Crippen LogP contribution in [0.3, 0.4) is 0 Å². The molecule has 1 saturated carbocycles. The van der Waals surface area contributed by atoms with Crippen molar-refractivity contribution >= 4 is 12.0 Å². The summed E-state index contributed by atoms with van der Waals surface area (Å²) in [5, 5.41) is 0. The topological polar surface area (TPSA) is 26.3 Å². The highest BCUT2D eigenvalue weighted by Crippen LogP contribution is 2.35. The molecule has 0 atom stereocenters. The normalized spacial score (nSPS) is 23.5. The lowest BCUT2D eigenvalue weighted by Crippen LogP contribution is -2.10. The molecule has 0 unspecified atom stereocenters. The number of rotatable bonds is 3. The van der Waals surface area contributed by atoms with E-state index >= 15 is 0 Å². The molecule has 0 amide bonds. The molecule has 0 bridgehead atoms. The van der Waals surface area contributed by atoms with Crippen molar-refractivity contribution in [3.63, 3.8) is 0 Å². The van der Waals surface area contributed by atoms with E-state index in [-0.39, 0.29) is 5.97 Å². The lowest BCUT2D eigenvalue weighted by atomic mass is 9.79. The van der Waals surface area contributed by atoms with E-state index in [1.165, 1.54) is 44.4 Å². The molecule has 102 valence electrons. The van der Waals surface area contributed by atoms with Crippen LogP contribution in [-0.2, 0) is 9.53 Å². The van der Waals surface area contributed by atoms with Gasteiger partial charge in [0.2, 0.25) is 0 Å². The molecule has 2 nitrogen and oxygen atoms in total. The Morgan fingerprint density at radius 1 is 1.16 bits per heavy atom. The number of methoxy groups -OCH3 is 1. The molecular formula is C17H22O2. The number of ether oxygens (including phenoxy) is 1. The minimum Gasteiger partial charge on any atom is -0.466 e. The zero-order valence-corrected chi connectivity index (χ0v) is 11.8. The van der Waals surface area contributed by atoms with Gasteiger partial charge in [-0.25, -0.2) is 4.79 Å². The van der Waals surface area contributed by atoms with E-state index in [4.69, 9.17) is 0 Å². The number of carbonyl (C=O) groups excluding carboxylic acids is 1. The Balaban J connectivity index is 1.98. The summed E-state index contributed by atoms with van der Waals surface area (Å²) >= 11 is 0. The molecule has 1 aromatic carbocycles. The maximum atomic E-state index is 11.0. The second-order valence-electron chi connectivity index (χ2n) is 5.48. The highest BCUT2D eigenvalue weighted by atomic mass is 16.5. The average molecular weight is 258 g/mol. The van der Waals surface area contributed by atoms with E-state index in [1.807, 2.05) is 0 Å². The summed E-state index contributed by atoms with van der Waals surface area (Å²) in [6.45, 7) is 2.34. The zero-order chi connectivity index (χ0) is 13.7. The fourth-order valence-electron chi connectivity index (χ4n) is 2.71. The summed E-state index contributed by atoms with van der Waals surface area (Å²) in [5.41, 5.74) is 2.47. The molecule has 2 heteroatoms. The van der Waals surface area contributed by atoms with E-state index in [2.05, 4.69) is 35.9 Å². The minimum atomic E-state index is -0.314. The van der Waals surface area contributed by atoms with Gasteiger partial charge >= 0.3 is 5.97 Å². The predicted molar refractivity (Wildman–Crippen MR) is 77.9 cm³/mol. The number of hydrogen-bond donors (Lipinski definition) is 0. The maximum Gasteiger partial charge on any atom is 0.330 e. The number of hydrogen-bond acceptors (Lipinski definition) is 2. The van der Waals surface area contributed by atoms with Gasteiger partial charge in [-0.2, -0.15) is 0 Å². The number of esters is 1. The van der Waals surface area contributed by atoms with E-state index in [0.29, 0.717) is 0 Å². The molecule has 0 saturated heterocycles. The lowest BCUT2D eigenvalue weighted by Gasteiger charge is -2.26. The van der Waals surface area contributed by atoms with Gasteiger partial charge in [0, 0.05) is 6.08 Å². The number of carbonyl (C=O) groups is 1. The van der Waals surface area contributed by atoms with Gasteiger partial charge in [0.05, 0.1) is 7.11 Å². The van der Waals surface area contributed by atoms with Crippen LogP contribution < -0.4 is 0 Å². The maximum absolute atomic E-state index is 11.0. The molecule has 0 aliphatic heterocycles. The van der Waals surface area contributed by atoms with Crippen LogP contribution in [0, 0.1) is 5.92 Å². The summed E-state index contributed by atoms with van der Waals surface area (Å²) in [5.74, 6) is 1.29. The van der Waals surface area contributed by atoms with Gasteiger partial charge in [0.15, 0.2) is 0 Å². The molecule has 1 aliphatic rings. The molecular weight excluding hydrogens is 236 g/mol. The van der Waals surface area contributed by atoms with Gasteiger partial charge in [0.1, 0.15) is 0 Å². The van der Waals surface area contributed by atoms with Crippen LogP contribution in [0.15, 0.2) is 30.3 Å². The van der Waals surface area contributed by atoms with E-state index in [9.17, 15) is 4.79 Å². The van der Waals surface area contributed by atoms with Crippen LogP contribution in [0.4, 0.5) is 0 Å². The fourth-order valence-corrected chi connectivity index (χ4v) is 2.71. The first kappa shape index (κ1) is 13.9. The first-order valence-electron chi connectivity index (χ1n) is 7.05. The van der Waals surface area contributed by atoms with Crippen molar-refractivity contribution in [3.8, 4) is 0 Å². The SMILES string of the molecule is COC(=O)/C=C/c1ccc(C2CCC(C)CC2)cc1. The van der Waals surface area contributed by atoms with Crippen molar-refractivity contribution in [3.05, 3.63) is 41.5 Å². The third-order valence-corrected chi connectivity index (χ3v) is 4.04. The second-order valence-corrected chi connectivity index (χ2v) is 5.48. The van der Waals surface area contributed by atoms with Gasteiger partial charge in [-0.15, -0.1) is 0 Å². The molecule has 2 rings (SSSR count). The molecule has 0 aromatic heterocycles. The van der Waals surface area contributed by atoms with Crippen molar-refractivity contribution in [1.82, 2.24) is 0 Å². The molecule has 1 aliphatic carbocycles. The second kappa shape index (κ2) is 6.55. The Morgan fingerprint density at radius 2 is 1.79 bits per heavy atom. The van der Waals surface area contributed by atoms with E-state index in [1.54, 1.807) is 6.08 Å². The third-order valence-electron chi connectivity index (χ3n) is 4.04. The molecule has 0 heterocycles. The van der Waals surface area contributed by atoms with Gasteiger partial charge < -0.3 is 4.74 Å². The Kier molecular flexibility index (Phi) is 4.78. The van der Waals surface area contributed by atoms with Crippen LogP contribution in [0.5, 0.6) is 0 Å². The first-order valence-corrected chi connectivity index (χ1v) is 7.05. The summed E-state index contributed by atoms with van der Waals surface area (Å²) in [7, 11) is 1.39. The molecule has 1 fully saturated rings. The standard InChI is InChI=1S/C17H22O2/c1-13-3-8-15(9-4-13)16-10-5-14(6-11-16)7-12-17(18)19-2/h5-7,10-13,15H,3-4,8-9H2,1-2H3/b12-7+. The van der Waals surface area contributed by atoms with Crippen molar-refractivity contribution in [2.75, 3.05) is 7.11 Å². The van der Waals surface area contributed by atoms with Crippen molar-refractivity contribution in [2.45, 2.75) is 38.5 Å². The fraction of sp³-hybridized carbons (Fsp3) is 0.471. The third kappa shape index (κ3) is 3.95. The van der Waals surface area contributed by atoms with Gasteiger partial charge in [0.25, 0.3) is 0 Å². The molecule has 0 spiro atoms. The molecule has 0 N–H and O–H groups in total. The Hall–Kier alpha value is -1.57. The summed E-state index contributed by atoms with van der Waals surface area (Å²) in [4.78, 5) is 11.0. The monoisotopic (exact) mass is 258 g/mol. The van der Waals surface area contributed by atoms with Crippen LogP contribution in [0.25, 0.3) is 6.08 Å². The predicted octanol–water partition coefficient (Wildman–Crippen LogP) is 4.17. The smallest absolute Gasteiger partial charge is 0.330 e. The largest absolute Gasteiger partial charge is 0.466 e. The van der Waals surface area contributed by atoms with E-state index in [0.717, 1.165) is 17.4 Å². The lowest BCUT2D eigenvalue weighted by molar-refractivity contribution is -0.134. The van der Waals surface area contributed by atoms with Gasteiger partial charge in [-0.05, 0) is 41.9 Å². The summed E-state index contributed by atoms with van der Waals surface area (Å²) < 4.78 is 4.58. The number of benzene rings is 1. The van der Waals surface area contributed by atoms with Crippen molar-refractivity contribution < 1.29 is 9.53 Å². The minimum absolute atomic E-state index is 0.314. The van der Waals surface area contributed by atoms with Crippen LogP contribution >= 0.6 is 0 Å². The van der Waals surface area contributed by atoms with Crippen molar-refractivity contribution in [2.24, 2.45) is 5.92 Å². The van der Waals surface area contributed by atoms with E-state index < -0.39 is 0 Å². The zero-order valence-electron chi connectivity index (χ0n) is 11.8. The Labute approximate surface area is 115 Å². The highest BCUT2D eigenvalue weighted by Gasteiger charge is 2.19. The summed E-state index contributed by atoms with van der Waals surface area (Å²) in [6, 6.07) is 8.54. The van der Waals surface area contributed by atoms with Crippen LogP contribution in [-0.4, -0.2) is 13.1 Å². The highest BCUT2D eigenvalue weighted by molar-refractivity contribution is 5.86. The van der Waals surface area contributed by atoms with Gasteiger partial charge in [-0.1, -0.05) is 44.0 Å². The van der Waals surface area contributed by atoms with Crippen LogP contribution in [0.1, 0.15) is 49.7 Å². The first-order chi connectivity index (χ1) is 9.19. The van der Waals surface area contributed by atoms with Gasteiger partial charge in [-0.3, -0.25) is 0 Å². The molecule has 0 radical (unpaired) electrons. The molecule has 19 heavy (non-hydrogen) atoms. The van der Waals surface area contributed by atoms with Crippen LogP contribution in [0.2, 0.25) is 0 Å². The molecule has 1 aromatic rings. The van der Waals surface area contributed by atoms with Crippen molar-refractivity contribution in [1.29, 1.82) is 0 Å². The Bertz CT molecular complexity index is 437. The quantitative estimate of drug-likeness (QED) is 0.601. The summed E-state index contributed by atoms with van der Waals surface area (Å²) in [6.07, 6.45) is 8.54.